The number of rotatable bonds is 4. The van der Waals surface area contributed by atoms with Gasteiger partial charge in [0.2, 0.25) is 0 Å². The Kier molecular flexibility index (Phi) is 3.98. The first-order chi connectivity index (χ1) is 11.1. The molecule has 0 spiro atoms. The van der Waals surface area contributed by atoms with Crippen molar-refractivity contribution in [2.24, 2.45) is 0 Å². The van der Waals surface area contributed by atoms with Gasteiger partial charge < -0.3 is 9.67 Å². The minimum Gasteiger partial charge on any atom is -0.477 e. The van der Waals surface area contributed by atoms with Crippen molar-refractivity contribution in [3.63, 3.8) is 0 Å². The van der Waals surface area contributed by atoms with Crippen LogP contribution in [0.15, 0.2) is 41.0 Å². The van der Waals surface area contributed by atoms with Crippen LogP contribution in [0.2, 0.25) is 0 Å². The maximum atomic E-state index is 12.2. The second kappa shape index (κ2) is 6.09. The van der Waals surface area contributed by atoms with Crippen LogP contribution in [-0.4, -0.2) is 30.6 Å². The first kappa shape index (κ1) is 15.0. The highest BCUT2D eigenvalue weighted by atomic mass is 32.1. The summed E-state index contributed by atoms with van der Waals surface area (Å²) >= 11 is 1.40. The molecular formula is C15H12N4O3S. The van der Waals surface area contributed by atoms with Crippen molar-refractivity contribution in [2.45, 2.75) is 13.5 Å². The number of aromatic nitrogens is 4. The van der Waals surface area contributed by atoms with Gasteiger partial charge in [0.25, 0.3) is 5.56 Å². The average Bonchev–Trinajstić information content (AvgIpc) is 2.99. The standard InChI is InChI=1S/C15H12N4O3S/c1-9-2-5-19(14(20)12(9)15(21)22)7-10-8-23-13(18-10)11-6-16-3-4-17-11/h2-6,8H,7H2,1H3,(H,21,22). The highest BCUT2D eigenvalue weighted by molar-refractivity contribution is 7.13. The zero-order valence-corrected chi connectivity index (χ0v) is 12.9. The summed E-state index contributed by atoms with van der Waals surface area (Å²) in [6, 6.07) is 1.61. The van der Waals surface area contributed by atoms with Crippen LogP contribution in [0.1, 0.15) is 21.6 Å². The first-order valence-corrected chi connectivity index (χ1v) is 7.58. The normalized spacial score (nSPS) is 10.7. The Hall–Kier alpha value is -2.87. The van der Waals surface area contributed by atoms with E-state index in [0.717, 1.165) is 0 Å². The SMILES string of the molecule is Cc1ccn(Cc2csc(-c3cnccn3)n2)c(=O)c1C(=O)O. The number of aromatic carboxylic acids is 1. The van der Waals surface area contributed by atoms with E-state index >= 15 is 0 Å². The molecule has 0 saturated carbocycles. The second-order valence-electron chi connectivity index (χ2n) is 4.85. The maximum Gasteiger partial charge on any atom is 0.341 e. The molecule has 3 heterocycles. The lowest BCUT2D eigenvalue weighted by Gasteiger charge is -2.06. The molecule has 23 heavy (non-hydrogen) atoms. The van der Waals surface area contributed by atoms with E-state index in [1.54, 1.807) is 37.8 Å². The molecule has 116 valence electrons. The van der Waals surface area contributed by atoms with Crippen molar-refractivity contribution in [3.05, 3.63) is 63.4 Å². The van der Waals surface area contributed by atoms with E-state index in [-0.39, 0.29) is 12.1 Å². The van der Waals surface area contributed by atoms with E-state index in [4.69, 9.17) is 5.11 Å². The van der Waals surface area contributed by atoms with Gasteiger partial charge >= 0.3 is 5.97 Å². The summed E-state index contributed by atoms with van der Waals surface area (Å²) in [6.45, 7) is 1.81. The molecule has 7 nitrogen and oxygen atoms in total. The predicted molar refractivity (Wildman–Crippen MR) is 84.6 cm³/mol. The summed E-state index contributed by atoms with van der Waals surface area (Å²) in [5.74, 6) is -1.22. The molecule has 0 aliphatic rings. The van der Waals surface area contributed by atoms with Crippen molar-refractivity contribution in [2.75, 3.05) is 0 Å². The molecule has 0 aliphatic heterocycles. The van der Waals surface area contributed by atoms with Crippen molar-refractivity contribution in [1.29, 1.82) is 0 Å². The molecule has 0 fully saturated rings. The lowest BCUT2D eigenvalue weighted by atomic mass is 10.1. The monoisotopic (exact) mass is 328 g/mol. The zero-order chi connectivity index (χ0) is 16.4. The fraction of sp³-hybridized carbons (Fsp3) is 0.133. The van der Waals surface area contributed by atoms with Crippen molar-refractivity contribution in [3.8, 4) is 10.7 Å². The summed E-state index contributed by atoms with van der Waals surface area (Å²) in [7, 11) is 0. The Morgan fingerprint density at radius 1 is 1.39 bits per heavy atom. The Bertz CT molecular complexity index is 918. The van der Waals surface area contributed by atoms with Crippen molar-refractivity contribution >= 4 is 17.3 Å². The Balaban J connectivity index is 1.92. The summed E-state index contributed by atoms with van der Waals surface area (Å²) in [5, 5.41) is 11.7. The smallest absolute Gasteiger partial charge is 0.341 e. The number of hydrogen-bond acceptors (Lipinski definition) is 6. The van der Waals surface area contributed by atoms with Gasteiger partial charge in [-0.2, -0.15) is 0 Å². The Labute approximate surface area is 134 Å². The summed E-state index contributed by atoms with van der Waals surface area (Å²) in [5.41, 5.74) is 1.02. The number of carboxylic acids is 1. The van der Waals surface area contributed by atoms with Crippen molar-refractivity contribution in [1.82, 2.24) is 19.5 Å². The minimum absolute atomic E-state index is 0.205. The first-order valence-electron chi connectivity index (χ1n) is 6.70. The highest BCUT2D eigenvalue weighted by Crippen LogP contribution is 2.21. The third-order valence-corrected chi connectivity index (χ3v) is 4.17. The number of aryl methyl sites for hydroxylation is 1. The molecular weight excluding hydrogens is 316 g/mol. The molecule has 3 aromatic heterocycles. The number of carbonyl (C=O) groups is 1. The predicted octanol–water partition coefficient (Wildman–Crippen LogP) is 1.82. The van der Waals surface area contributed by atoms with Gasteiger partial charge in [-0.05, 0) is 18.6 Å². The number of hydrogen-bond donors (Lipinski definition) is 1. The average molecular weight is 328 g/mol. The molecule has 0 unspecified atom stereocenters. The molecule has 0 aromatic carbocycles. The quantitative estimate of drug-likeness (QED) is 0.784. The summed E-state index contributed by atoms with van der Waals surface area (Å²) in [4.78, 5) is 36.0. The Morgan fingerprint density at radius 3 is 2.91 bits per heavy atom. The Morgan fingerprint density at radius 2 is 2.22 bits per heavy atom. The van der Waals surface area contributed by atoms with Gasteiger partial charge in [-0.15, -0.1) is 11.3 Å². The van der Waals surface area contributed by atoms with Gasteiger partial charge in [0, 0.05) is 24.0 Å². The molecule has 0 bridgehead atoms. The van der Waals surface area contributed by atoms with Crippen LogP contribution in [-0.2, 0) is 6.54 Å². The molecule has 1 N–H and O–H groups in total. The molecule has 8 heteroatoms. The lowest BCUT2D eigenvalue weighted by Crippen LogP contribution is -2.27. The van der Waals surface area contributed by atoms with Gasteiger partial charge in [0.15, 0.2) is 0 Å². The van der Waals surface area contributed by atoms with Gasteiger partial charge in [-0.25, -0.2) is 9.78 Å². The fourth-order valence-corrected chi connectivity index (χ4v) is 2.90. The van der Waals surface area contributed by atoms with E-state index in [2.05, 4.69) is 15.0 Å². The summed E-state index contributed by atoms with van der Waals surface area (Å²) < 4.78 is 1.34. The van der Waals surface area contributed by atoms with Gasteiger partial charge in [-0.3, -0.25) is 14.8 Å². The van der Waals surface area contributed by atoms with Gasteiger partial charge in [0.1, 0.15) is 16.3 Å². The fourth-order valence-electron chi connectivity index (χ4n) is 2.13. The van der Waals surface area contributed by atoms with Gasteiger partial charge in [0.05, 0.1) is 18.4 Å². The van der Waals surface area contributed by atoms with Gasteiger partial charge in [-0.1, -0.05) is 0 Å². The second-order valence-corrected chi connectivity index (χ2v) is 5.70. The summed E-state index contributed by atoms with van der Waals surface area (Å²) in [6.07, 6.45) is 6.35. The number of nitrogens with zero attached hydrogens (tertiary/aromatic N) is 4. The maximum absolute atomic E-state index is 12.2. The molecule has 3 aromatic rings. The highest BCUT2D eigenvalue weighted by Gasteiger charge is 2.15. The van der Waals surface area contributed by atoms with E-state index in [1.165, 1.54) is 15.9 Å². The number of carboxylic acid groups (broad SMARTS) is 1. The van der Waals surface area contributed by atoms with Crippen LogP contribution < -0.4 is 5.56 Å². The van der Waals surface area contributed by atoms with E-state index < -0.39 is 11.5 Å². The van der Waals surface area contributed by atoms with Crippen LogP contribution in [0.4, 0.5) is 0 Å². The molecule has 0 saturated heterocycles. The molecule has 0 atom stereocenters. The molecule has 0 aliphatic carbocycles. The molecule has 0 radical (unpaired) electrons. The number of thiazole rings is 1. The van der Waals surface area contributed by atoms with Crippen LogP contribution >= 0.6 is 11.3 Å². The van der Waals surface area contributed by atoms with Crippen molar-refractivity contribution < 1.29 is 9.90 Å². The van der Waals surface area contributed by atoms with E-state index in [0.29, 0.717) is 22.0 Å². The molecule has 3 rings (SSSR count). The topological polar surface area (TPSA) is 98.0 Å². The third kappa shape index (κ3) is 3.02. The minimum atomic E-state index is -1.22. The lowest BCUT2D eigenvalue weighted by molar-refractivity contribution is 0.0693. The largest absolute Gasteiger partial charge is 0.477 e. The third-order valence-electron chi connectivity index (χ3n) is 3.25. The van der Waals surface area contributed by atoms with Crippen LogP contribution in [0, 0.1) is 6.92 Å². The molecule has 0 amide bonds. The zero-order valence-electron chi connectivity index (χ0n) is 12.1. The van der Waals surface area contributed by atoms with E-state index in [1.807, 2.05) is 5.38 Å². The van der Waals surface area contributed by atoms with Crippen LogP contribution in [0.3, 0.4) is 0 Å². The van der Waals surface area contributed by atoms with Crippen LogP contribution in [0.25, 0.3) is 10.7 Å². The number of pyridine rings is 1. The van der Waals surface area contributed by atoms with E-state index in [9.17, 15) is 9.59 Å². The van der Waals surface area contributed by atoms with Crippen LogP contribution in [0.5, 0.6) is 0 Å².